The number of piperazine rings is 1. The number of carbonyl (C=O) groups is 3. The highest BCUT2D eigenvalue weighted by Gasteiger charge is 2.24. The van der Waals surface area contributed by atoms with E-state index in [4.69, 9.17) is 0 Å². The second-order valence-corrected chi connectivity index (χ2v) is 4.12. The van der Waals surface area contributed by atoms with Crippen LogP contribution in [0.25, 0.3) is 0 Å². The first-order valence-corrected chi connectivity index (χ1v) is 5.56. The van der Waals surface area contributed by atoms with Gasteiger partial charge in [-0.05, 0) is 12.2 Å². The van der Waals surface area contributed by atoms with Crippen LogP contribution in [0.3, 0.4) is 0 Å². The lowest BCUT2D eigenvalue weighted by molar-refractivity contribution is -0.130. The Hall–Kier alpha value is -1.91. The maximum Gasteiger partial charge on any atom is 0.219 e. The van der Waals surface area contributed by atoms with Gasteiger partial charge in [-0.1, -0.05) is 0 Å². The Balaban J connectivity index is 2.04. The molecular weight excluding hydrogens is 220 g/mol. The third-order valence-corrected chi connectivity index (χ3v) is 3.00. The number of ketones is 2. The predicted octanol–water partition coefficient (Wildman–Crippen LogP) is -0.258. The molecule has 17 heavy (non-hydrogen) atoms. The van der Waals surface area contributed by atoms with E-state index >= 15 is 0 Å². The summed E-state index contributed by atoms with van der Waals surface area (Å²) in [6, 6.07) is 0. The van der Waals surface area contributed by atoms with Crippen LogP contribution in [0.5, 0.6) is 0 Å². The average Bonchev–Trinajstić information content (AvgIpc) is 2.32. The van der Waals surface area contributed by atoms with Gasteiger partial charge in [-0.25, -0.2) is 0 Å². The van der Waals surface area contributed by atoms with Gasteiger partial charge in [0.2, 0.25) is 11.7 Å². The van der Waals surface area contributed by atoms with Crippen molar-refractivity contribution in [1.82, 2.24) is 9.80 Å². The lowest BCUT2D eigenvalue weighted by Gasteiger charge is -2.36. The van der Waals surface area contributed by atoms with Crippen LogP contribution in [0.1, 0.15) is 6.92 Å². The Bertz CT molecular complexity index is 429. The fraction of sp³-hybridized carbons (Fsp3) is 0.417. The molecule has 90 valence electrons. The Morgan fingerprint density at radius 2 is 1.76 bits per heavy atom. The minimum atomic E-state index is -0.159. The molecule has 1 aliphatic carbocycles. The van der Waals surface area contributed by atoms with Crippen molar-refractivity contribution >= 4 is 17.5 Å². The first-order valence-electron chi connectivity index (χ1n) is 5.56. The van der Waals surface area contributed by atoms with Gasteiger partial charge in [-0.15, -0.1) is 0 Å². The summed E-state index contributed by atoms with van der Waals surface area (Å²) < 4.78 is 0. The number of carbonyl (C=O) groups excluding carboxylic acids is 3. The monoisotopic (exact) mass is 234 g/mol. The van der Waals surface area contributed by atoms with E-state index in [0.29, 0.717) is 31.9 Å². The Morgan fingerprint density at radius 1 is 1.12 bits per heavy atom. The molecule has 0 spiro atoms. The van der Waals surface area contributed by atoms with Crippen LogP contribution in [0.4, 0.5) is 0 Å². The van der Waals surface area contributed by atoms with E-state index < -0.39 is 0 Å². The van der Waals surface area contributed by atoms with Crippen LogP contribution in [0.15, 0.2) is 23.9 Å². The quantitative estimate of drug-likeness (QED) is 0.587. The molecule has 2 aliphatic rings. The van der Waals surface area contributed by atoms with Crippen molar-refractivity contribution in [3.8, 4) is 0 Å². The molecule has 1 fully saturated rings. The molecule has 0 aromatic heterocycles. The number of rotatable bonds is 1. The van der Waals surface area contributed by atoms with Crippen LogP contribution in [-0.2, 0) is 14.4 Å². The minimum Gasteiger partial charge on any atom is -0.365 e. The highest BCUT2D eigenvalue weighted by atomic mass is 16.2. The molecule has 0 unspecified atom stereocenters. The SMILES string of the molecule is CC(=O)N1CCN(C2=CC(=O)C=CC2=O)CC1. The molecule has 0 aromatic rings. The zero-order chi connectivity index (χ0) is 12.4. The van der Waals surface area contributed by atoms with E-state index in [1.165, 1.54) is 25.2 Å². The van der Waals surface area contributed by atoms with Gasteiger partial charge < -0.3 is 9.80 Å². The summed E-state index contributed by atoms with van der Waals surface area (Å²) in [4.78, 5) is 37.6. The summed E-state index contributed by atoms with van der Waals surface area (Å²) in [5.41, 5.74) is 0.445. The molecule has 1 aliphatic heterocycles. The maximum atomic E-state index is 11.6. The van der Waals surface area contributed by atoms with Crippen molar-refractivity contribution in [1.29, 1.82) is 0 Å². The summed E-state index contributed by atoms with van der Waals surface area (Å²) >= 11 is 0. The van der Waals surface area contributed by atoms with E-state index in [1.807, 2.05) is 4.90 Å². The third kappa shape index (κ3) is 2.43. The van der Waals surface area contributed by atoms with Crippen LogP contribution in [0.2, 0.25) is 0 Å². The Morgan fingerprint density at radius 3 is 2.35 bits per heavy atom. The van der Waals surface area contributed by atoms with E-state index in [2.05, 4.69) is 0 Å². The molecule has 1 amide bonds. The number of hydrogen-bond acceptors (Lipinski definition) is 4. The number of hydrogen-bond donors (Lipinski definition) is 0. The number of nitrogens with zero attached hydrogens (tertiary/aromatic N) is 2. The van der Waals surface area contributed by atoms with Crippen molar-refractivity contribution in [3.05, 3.63) is 23.9 Å². The Kier molecular flexibility index (Phi) is 3.08. The molecule has 1 heterocycles. The van der Waals surface area contributed by atoms with E-state index in [0.717, 1.165) is 0 Å². The predicted molar refractivity (Wildman–Crippen MR) is 61.1 cm³/mol. The van der Waals surface area contributed by atoms with Gasteiger partial charge in [0.1, 0.15) is 0 Å². The molecule has 0 atom stereocenters. The van der Waals surface area contributed by atoms with Crippen molar-refractivity contribution in [3.63, 3.8) is 0 Å². The average molecular weight is 234 g/mol. The molecular formula is C12H14N2O3. The number of allylic oxidation sites excluding steroid dienone is 3. The molecule has 0 saturated carbocycles. The molecule has 0 aromatic carbocycles. The van der Waals surface area contributed by atoms with Crippen LogP contribution in [0, 0.1) is 0 Å². The molecule has 5 heteroatoms. The molecule has 0 N–H and O–H groups in total. The zero-order valence-electron chi connectivity index (χ0n) is 9.68. The largest absolute Gasteiger partial charge is 0.365 e. The minimum absolute atomic E-state index is 0.0459. The first kappa shape index (κ1) is 11.6. The van der Waals surface area contributed by atoms with Crippen LogP contribution < -0.4 is 0 Å². The molecule has 2 rings (SSSR count). The third-order valence-electron chi connectivity index (χ3n) is 3.00. The lowest BCUT2D eigenvalue weighted by atomic mass is 10.1. The Labute approximate surface area is 99.4 Å². The normalized spacial score (nSPS) is 20.6. The van der Waals surface area contributed by atoms with Crippen molar-refractivity contribution in [2.75, 3.05) is 26.2 Å². The second-order valence-electron chi connectivity index (χ2n) is 4.12. The van der Waals surface area contributed by atoms with E-state index in [9.17, 15) is 14.4 Å². The molecule has 1 saturated heterocycles. The van der Waals surface area contributed by atoms with Gasteiger partial charge in [0.25, 0.3) is 0 Å². The fourth-order valence-corrected chi connectivity index (χ4v) is 2.01. The fourth-order valence-electron chi connectivity index (χ4n) is 2.01. The summed E-state index contributed by atoms with van der Waals surface area (Å²) in [7, 11) is 0. The summed E-state index contributed by atoms with van der Waals surface area (Å²) in [6.45, 7) is 3.92. The van der Waals surface area contributed by atoms with Gasteiger partial charge in [-0.2, -0.15) is 0 Å². The summed E-state index contributed by atoms with van der Waals surface area (Å²) in [6.07, 6.45) is 3.94. The van der Waals surface area contributed by atoms with Gasteiger partial charge in [0.15, 0.2) is 5.78 Å². The lowest BCUT2D eigenvalue weighted by Crippen LogP contribution is -2.48. The molecule has 5 nitrogen and oxygen atoms in total. The van der Waals surface area contributed by atoms with Crippen LogP contribution in [-0.4, -0.2) is 53.5 Å². The zero-order valence-corrected chi connectivity index (χ0v) is 9.68. The van der Waals surface area contributed by atoms with E-state index in [-0.39, 0.29) is 17.5 Å². The first-order chi connectivity index (χ1) is 8.08. The topological polar surface area (TPSA) is 57.7 Å². The highest BCUT2D eigenvalue weighted by molar-refractivity contribution is 6.16. The van der Waals surface area contributed by atoms with Crippen molar-refractivity contribution in [2.45, 2.75) is 6.92 Å². The molecule has 0 radical (unpaired) electrons. The van der Waals surface area contributed by atoms with Crippen molar-refractivity contribution in [2.24, 2.45) is 0 Å². The molecule has 0 bridgehead atoms. The highest BCUT2D eigenvalue weighted by Crippen LogP contribution is 2.14. The second kappa shape index (κ2) is 4.53. The summed E-state index contributed by atoms with van der Waals surface area (Å²) in [5.74, 6) is -0.251. The van der Waals surface area contributed by atoms with Crippen molar-refractivity contribution < 1.29 is 14.4 Å². The van der Waals surface area contributed by atoms with Gasteiger partial charge in [-0.3, -0.25) is 14.4 Å². The summed E-state index contributed by atoms with van der Waals surface area (Å²) in [5, 5.41) is 0. The van der Waals surface area contributed by atoms with Gasteiger partial charge in [0, 0.05) is 39.2 Å². The van der Waals surface area contributed by atoms with E-state index in [1.54, 1.807) is 4.90 Å². The maximum absolute atomic E-state index is 11.6. The number of amides is 1. The van der Waals surface area contributed by atoms with Gasteiger partial charge in [0.05, 0.1) is 5.70 Å². The standard InChI is InChI=1S/C12H14N2O3/c1-9(15)13-4-6-14(7-5-13)11-8-10(16)2-3-12(11)17/h2-3,8H,4-7H2,1H3. The van der Waals surface area contributed by atoms with Gasteiger partial charge >= 0.3 is 0 Å². The smallest absolute Gasteiger partial charge is 0.219 e. The van der Waals surface area contributed by atoms with Crippen LogP contribution >= 0.6 is 0 Å².